The van der Waals surface area contributed by atoms with E-state index in [2.05, 4.69) is 10.6 Å². The minimum atomic E-state index is -0.221. The topological polar surface area (TPSA) is 41.1 Å². The molecule has 2 rings (SSSR count). The van der Waals surface area contributed by atoms with Crippen LogP contribution in [-0.4, -0.2) is 16.9 Å². The van der Waals surface area contributed by atoms with E-state index < -0.39 is 0 Å². The third-order valence-corrected chi connectivity index (χ3v) is 3.34. The van der Waals surface area contributed by atoms with Crippen LogP contribution in [0.1, 0.15) is 24.8 Å². The highest BCUT2D eigenvalue weighted by Gasteiger charge is 2.20. The van der Waals surface area contributed by atoms with Crippen molar-refractivity contribution in [3.05, 3.63) is 29.8 Å². The number of thiocarbonyl (C=S) groups is 1. The predicted octanol–water partition coefficient (Wildman–Crippen LogP) is 2.40. The molecule has 0 aromatic heterocycles. The highest BCUT2D eigenvalue weighted by atomic mass is 32.1. The van der Waals surface area contributed by atoms with E-state index in [9.17, 15) is 4.79 Å². The van der Waals surface area contributed by atoms with Crippen LogP contribution in [0.3, 0.4) is 0 Å². The zero-order chi connectivity index (χ0) is 12.3. The Kier molecular flexibility index (Phi) is 3.74. The van der Waals surface area contributed by atoms with Gasteiger partial charge < -0.3 is 10.6 Å². The zero-order valence-corrected chi connectivity index (χ0v) is 10.6. The molecule has 4 heteroatoms. The number of carbonyl (C=O) groups excluding carboxylic acids is 1. The van der Waals surface area contributed by atoms with Gasteiger partial charge in [-0.2, -0.15) is 0 Å². The zero-order valence-electron chi connectivity index (χ0n) is 9.82. The first-order chi connectivity index (χ1) is 8.16. The smallest absolute Gasteiger partial charge is 0.283 e. The van der Waals surface area contributed by atoms with E-state index in [1.54, 1.807) is 0 Å². The van der Waals surface area contributed by atoms with Crippen LogP contribution in [0.5, 0.6) is 0 Å². The standard InChI is InChI=1S/C13H16N2OS/c1-9-5-2-3-8-11(9)15-12(16)13(17)14-10-6-4-7-10/h2-3,5,8,10H,4,6-7H2,1H3,(H,14,17)(H,15,16). The molecule has 0 unspecified atom stereocenters. The Labute approximate surface area is 107 Å². The van der Waals surface area contributed by atoms with Gasteiger partial charge in [-0.25, -0.2) is 0 Å². The van der Waals surface area contributed by atoms with Crippen molar-refractivity contribution in [3.8, 4) is 0 Å². The molecule has 2 N–H and O–H groups in total. The number of rotatable bonds is 2. The number of carbonyl (C=O) groups is 1. The molecule has 0 bridgehead atoms. The lowest BCUT2D eigenvalue weighted by Crippen LogP contribution is -2.43. The lowest BCUT2D eigenvalue weighted by molar-refractivity contribution is -0.110. The predicted molar refractivity (Wildman–Crippen MR) is 73.2 cm³/mol. The van der Waals surface area contributed by atoms with E-state index in [4.69, 9.17) is 12.2 Å². The van der Waals surface area contributed by atoms with Gasteiger partial charge in [0.1, 0.15) is 0 Å². The molecule has 1 aromatic rings. The quantitative estimate of drug-likeness (QED) is 0.790. The summed E-state index contributed by atoms with van der Waals surface area (Å²) in [6, 6.07) is 8.06. The monoisotopic (exact) mass is 248 g/mol. The molecule has 90 valence electrons. The summed E-state index contributed by atoms with van der Waals surface area (Å²) in [5, 5.41) is 5.90. The van der Waals surface area contributed by atoms with E-state index in [0.717, 1.165) is 24.1 Å². The van der Waals surface area contributed by atoms with Crippen molar-refractivity contribution in [2.24, 2.45) is 0 Å². The molecule has 0 radical (unpaired) electrons. The lowest BCUT2D eigenvalue weighted by Gasteiger charge is -2.27. The van der Waals surface area contributed by atoms with Gasteiger partial charge in [0.2, 0.25) is 0 Å². The Hall–Kier alpha value is -1.42. The number of benzene rings is 1. The minimum Gasteiger partial charge on any atom is -0.369 e. The fraction of sp³-hybridized carbons (Fsp3) is 0.385. The van der Waals surface area contributed by atoms with Crippen molar-refractivity contribution in [1.82, 2.24) is 5.32 Å². The number of hydrogen-bond acceptors (Lipinski definition) is 2. The Morgan fingerprint density at radius 1 is 1.35 bits per heavy atom. The Morgan fingerprint density at radius 2 is 2.06 bits per heavy atom. The van der Waals surface area contributed by atoms with Crippen molar-refractivity contribution in [2.45, 2.75) is 32.2 Å². The van der Waals surface area contributed by atoms with Crippen LogP contribution in [0.2, 0.25) is 0 Å². The van der Waals surface area contributed by atoms with Gasteiger partial charge in [-0.15, -0.1) is 0 Å². The molecule has 1 aliphatic rings. The maximum Gasteiger partial charge on any atom is 0.283 e. The summed E-state index contributed by atoms with van der Waals surface area (Å²) in [6.45, 7) is 1.96. The molecule has 1 aliphatic carbocycles. The Morgan fingerprint density at radius 3 is 2.65 bits per heavy atom. The molecular formula is C13H16N2OS. The molecule has 0 atom stereocenters. The van der Waals surface area contributed by atoms with Gasteiger partial charge in [0, 0.05) is 11.7 Å². The molecule has 17 heavy (non-hydrogen) atoms. The maximum atomic E-state index is 11.8. The normalized spacial score (nSPS) is 14.9. The SMILES string of the molecule is Cc1ccccc1NC(=O)C(=S)NC1CCC1. The molecule has 0 saturated heterocycles. The molecular weight excluding hydrogens is 232 g/mol. The second-order valence-electron chi connectivity index (χ2n) is 4.37. The number of aryl methyl sites for hydroxylation is 1. The summed E-state index contributed by atoms with van der Waals surface area (Å²) in [4.78, 5) is 12.1. The summed E-state index contributed by atoms with van der Waals surface area (Å²) >= 11 is 5.07. The third kappa shape index (κ3) is 3.03. The van der Waals surface area contributed by atoms with Crippen LogP contribution in [-0.2, 0) is 4.79 Å². The summed E-state index contributed by atoms with van der Waals surface area (Å²) in [6.07, 6.45) is 3.44. The second-order valence-corrected chi connectivity index (χ2v) is 4.78. The van der Waals surface area contributed by atoms with Crippen LogP contribution < -0.4 is 10.6 Å². The van der Waals surface area contributed by atoms with Crippen LogP contribution >= 0.6 is 12.2 Å². The first kappa shape index (κ1) is 12.0. The number of nitrogens with one attached hydrogen (secondary N) is 2. The van der Waals surface area contributed by atoms with E-state index >= 15 is 0 Å². The summed E-state index contributed by atoms with van der Waals surface area (Å²) in [5.74, 6) is -0.221. The van der Waals surface area contributed by atoms with Gasteiger partial charge in [-0.3, -0.25) is 4.79 Å². The highest BCUT2D eigenvalue weighted by Crippen LogP contribution is 2.18. The first-order valence-electron chi connectivity index (χ1n) is 5.84. The Bertz CT molecular complexity index is 441. The van der Waals surface area contributed by atoms with Gasteiger partial charge in [0.15, 0.2) is 4.99 Å². The number of para-hydroxylation sites is 1. The third-order valence-electron chi connectivity index (χ3n) is 3.04. The summed E-state index contributed by atoms with van der Waals surface area (Å²) in [7, 11) is 0. The van der Waals surface area contributed by atoms with Crippen molar-refractivity contribution < 1.29 is 4.79 Å². The maximum absolute atomic E-state index is 11.8. The lowest BCUT2D eigenvalue weighted by atomic mass is 9.93. The number of anilines is 1. The molecule has 0 heterocycles. The molecule has 1 saturated carbocycles. The second kappa shape index (κ2) is 5.27. The average molecular weight is 248 g/mol. The van der Waals surface area contributed by atoms with E-state index in [-0.39, 0.29) is 10.9 Å². The van der Waals surface area contributed by atoms with E-state index in [1.165, 1.54) is 6.42 Å². The van der Waals surface area contributed by atoms with Crippen molar-refractivity contribution >= 4 is 28.8 Å². The molecule has 0 aliphatic heterocycles. The summed E-state index contributed by atoms with van der Waals surface area (Å²) in [5.41, 5.74) is 1.85. The number of amides is 1. The van der Waals surface area contributed by atoms with Crippen molar-refractivity contribution in [2.75, 3.05) is 5.32 Å². The van der Waals surface area contributed by atoms with Gasteiger partial charge in [-0.05, 0) is 37.8 Å². The largest absolute Gasteiger partial charge is 0.369 e. The average Bonchev–Trinajstić information content (AvgIpc) is 2.26. The van der Waals surface area contributed by atoms with Crippen LogP contribution in [0.15, 0.2) is 24.3 Å². The molecule has 0 spiro atoms. The summed E-state index contributed by atoms with van der Waals surface area (Å²) < 4.78 is 0. The van der Waals surface area contributed by atoms with Gasteiger partial charge in [0.25, 0.3) is 5.91 Å². The van der Waals surface area contributed by atoms with Crippen molar-refractivity contribution in [3.63, 3.8) is 0 Å². The van der Waals surface area contributed by atoms with Crippen LogP contribution in [0.4, 0.5) is 5.69 Å². The van der Waals surface area contributed by atoms with Crippen molar-refractivity contribution in [1.29, 1.82) is 0 Å². The highest BCUT2D eigenvalue weighted by molar-refractivity contribution is 7.82. The minimum absolute atomic E-state index is 0.221. The van der Waals surface area contributed by atoms with Gasteiger partial charge >= 0.3 is 0 Å². The van der Waals surface area contributed by atoms with Gasteiger partial charge in [0.05, 0.1) is 0 Å². The molecule has 1 amide bonds. The number of hydrogen-bond donors (Lipinski definition) is 2. The van der Waals surface area contributed by atoms with Crippen LogP contribution in [0, 0.1) is 6.92 Å². The molecule has 3 nitrogen and oxygen atoms in total. The molecule has 1 aromatic carbocycles. The van der Waals surface area contributed by atoms with Gasteiger partial charge in [-0.1, -0.05) is 30.4 Å². The fourth-order valence-electron chi connectivity index (χ4n) is 1.70. The van der Waals surface area contributed by atoms with E-state index in [0.29, 0.717) is 6.04 Å². The fourth-order valence-corrected chi connectivity index (χ4v) is 1.91. The molecule has 1 fully saturated rings. The van der Waals surface area contributed by atoms with E-state index in [1.807, 2.05) is 31.2 Å². The first-order valence-corrected chi connectivity index (χ1v) is 6.25. The Balaban J connectivity index is 1.92. The van der Waals surface area contributed by atoms with Crippen LogP contribution in [0.25, 0.3) is 0 Å².